The number of hydrogen-bond acceptors (Lipinski definition) is 3. The molecule has 1 fully saturated rings. The van der Waals surface area contributed by atoms with E-state index < -0.39 is 20.4 Å². The van der Waals surface area contributed by atoms with Crippen LogP contribution in [0.2, 0.25) is 0 Å². The lowest BCUT2D eigenvalue weighted by molar-refractivity contribution is -0.138. The van der Waals surface area contributed by atoms with Crippen LogP contribution in [-0.2, 0) is 9.59 Å². The minimum atomic E-state index is -1.60. The molecule has 0 amide bonds. The summed E-state index contributed by atoms with van der Waals surface area (Å²) in [5, 5.41) is 17.4. The summed E-state index contributed by atoms with van der Waals surface area (Å²) >= 11 is 11.9. The fraction of sp³-hybridized carbons (Fsp3) is 0.667. The van der Waals surface area contributed by atoms with Gasteiger partial charge in [-0.25, -0.2) is 9.59 Å². The fourth-order valence-electron chi connectivity index (χ4n) is 0.981. The number of thioether (sulfide) groups is 1. The van der Waals surface area contributed by atoms with Crippen molar-refractivity contribution in [1.82, 2.24) is 0 Å². The van der Waals surface area contributed by atoms with Crippen molar-refractivity contribution in [3.63, 3.8) is 0 Å². The van der Waals surface area contributed by atoms with Gasteiger partial charge in [0, 0.05) is 0 Å². The Morgan fingerprint density at radius 3 is 1.54 bits per heavy atom. The van der Waals surface area contributed by atoms with E-state index in [9.17, 15) is 9.59 Å². The van der Waals surface area contributed by atoms with Crippen molar-refractivity contribution in [2.24, 2.45) is 0 Å². The highest BCUT2D eigenvalue weighted by atomic mass is 35.5. The first-order valence-electron chi connectivity index (χ1n) is 3.35. The molecule has 1 aliphatic rings. The highest BCUT2D eigenvalue weighted by Crippen LogP contribution is 2.55. The maximum atomic E-state index is 10.6. The zero-order valence-corrected chi connectivity index (χ0v) is 8.62. The van der Waals surface area contributed by atoms with Gasteiger partial charge in [-0.05, 0) is 12.8 Å². The van der Waals surface area contributed by atoms with Crippen LogP contribution in [0.5, 0.6) is 0 Å². The predicted octanol–water partition coefficient (Wildman–Crippen LogP) is 1.55. The van der Waals surface area contributed by atoms with Crippen LogP contribution in [0.3, 0.4) is 0 Å². The smallest absolute Gasteiger partial charge is 0.335 e. The standard InChI is InChI=1S/C6H6Cl2O4S/c7-5(3(9)10)1-2-6(8,13-5)4(11)12/h1-2H2,(H,9,10)(H,11,12). The number of hydrogen-bond donors (Lipinski definition) is 2. The number of alkyl halides is 2. The van der Waals surface area contributed by atoms with E-state index in [1.54, 1.807) is 0 Å². The highest BCUT2D eigenvalue weighted by molar-refractivity contribution is 8.06. The molecule has 1 aliphatic heterocycles. The van der Waals surface area contributed by atoms with E-state index in [1.807, 2.05) is 0 Å². The first-order chi connectivity index (χ1) is 5.80. The number of carboxylic acid groups (broad SMARTS) is 2. The molecule has 0 spiro atoms. The lowest BCUT2D eigenvalue weighted by atomic mass is 10.2. The Balaban J connectivity index is 2.85. The van der Waals surface area contributed by atoms with Crippen LogP contribution in [-0.4, -0.2) is 30.6 Å². The Hall–Kier alpha value is -0.130. The molecule has 74 valence electrons. The lowest BCUT2D eigenvalue weighted by Crippen LogP contribution is -2.29. The fourth-order valence-corrected chi connectivity index (χ4v) is 3.17. The molecule has 0 radical (unpaired) electrons. The minimum Gasteiger partial charge on any atom is -0.479 e. The van der Waals surface area contributed by atoms with Crippen molar-refractivity contribution >= 4 is 46.9 Å². The van der Waals surface area contributed by atoms with Gasteiger partial charge in [0.05, 0.1) is 0 Å². The molecular formula is C6H6Cl2O4S. The maximum Gasteiger partial charge on any atom is 0.335 e. The summed E-state index contributed by atoms with van der Waals surface area (Å²) in [5.74, 6) is -2.49. The van der Waals surface area contributed by atoms with Crippen LogP contribution in [0.4, 0.5) is 0 Å². The Morgan fingerprint density at radius 1 is 1.08 bits per heavy atom. The maximum absolute atomic E-state index is 10.6. The molecule has 2 unspecified atom stereocenters. The molecule has 1 rings (SSSR count). The molecule has 0 saturated carbocycles. The van der Waals surface area contributed by atoms with Crippen molar-refractivity contribution in [2.45, 2.75) is 21.3 Å². The van der Waals surface area contributed by atoms with Crippen LogP contribution in [0, 0.1) is 0 Å². The molecule has 13 heavy (non-hydrogen) atoms. The number of aliphatic carboxylic acids is 2. The van der Waals surface area contributed by atoms with Crippen LogP contribution >= 0.6 is 35.0 Å². The first-order valence-corrected chi connectivity index (χ1v) is 4.92. The minimum absolute atomic E-state index is 0.0460. The Morgan fingerprint density at radius 2 is 1.38 bits per heavy atom. The van der Waals surface area contributed by atoms with E-state index in [4.69, 9.17) is 33.4 Å². The average molecular weight is 245 g/mol. The molecule has 0 aromatic rings. The zero-order chi connectivity index (χ0) is 10.3. The summed E-state index contributed by atoms with van der Waals surface area (Å²) < 4.78 is -3.19. The number of halogens is 2. The van der Waals surface area contributed by atoms with E-state index in [0.29, 0.717) is 11.8 Å². The summed E-state index contributed by atoms with van der Waals surface area (Å²) in [6.07, 6.45) is 0.0920. The lowest BCUT2D eigenvalue weighted by Gasteiger charge is -2.17. The van der Waals surface area contributed by atoms with Gasteiger partial charge in [0.1, 0.15) is 0 Å². The van der Waals surface area contributed by atoms with Crippen molar-refractivity contribution in [2.75, 3.05) is 0 Å². The Bertz CT molecular complexity index is 245. The molecule has 0 aromatic heterocycles. The summed E-state index contributed by atoms with van der Waals surface area (Å²) in [7, 11) is 0. The van der Waals surface area contributed by atoms with Crippen LogP contribution < -0.4 is 0 Å². The van der Waals surface area contributed by atoms with Crippen molar-refractivity contribution in [3.8, 4) is 0 Å². The SMILES string of the molecule is O=C(O)C1(Cl)CCC(Cl)(C(=O)O)S1. The van der Waals surface area contributed by atoms with E-state index in [2.05, 4.69) is 0 Å². The Kier molecular flexibility index (Phi) is 2.71. The zero-order valence-electron chi connectivity index (χ0n) is 6.29. The number of carboxylic acids is 2. The highest BCUT2D eigenvalue weighted by Gasteiger charge is 2.56. The molecule has 7 heteroatoms. The van der Waals surface area contributed by atoms with Gasteiger partial charge in [0.25, 0.3) is 0 Å². The number of carbonyl (C=O) groups is 2. The van der Waals surface area contributed by atoms with Crippen molar-refractivity contribution < 1.29 is 19.8 Å². The molecule has 2 atom stereocenters. The molecule has 2 N–H and O–H groups in total. The third-order valence-corrected chi connectivity index (χ3v) is 4.30. The van der Waals surface area contributed by atoms with Crippen LogP contribution in [0.25, 0.3) is 0 Å². The summed E-state index contributed by atoms with van der Waals surface area (Å²) in [4.78, 5) is 21.3. The normalized spacial score (nSPS) is 38.9. The van der Waals surface area contributed by atoms with Gasteiger partial charge in [-0.1, -0.05) is 35.0 Å². The molecule has 1 saturated heterocycles. The molecule has 0 aliphatic carbocycles. The second-order valence-electron chi connectivity index (χ2n) is 2.67. The second-order valence-corrected chi connectivity index (χ2v) is 6.01. The van der Waals surface area contributed by atoms with E-state index >= 15 is 0 Å². The van der Waals surface area contributed by atoms with Gasteiger partial charge in [-0.2, -0.15) is 0 Å². The van der Waals surface area contributed by atoms with Gasteiger partial charge >= 0.3 is 11.9 Å². The van der Waals surface area contributed by atoms with Gasteiger partial charge in [0.15, 0.2) is 8.41 Å². The van der Waals surface area contributed by atoms with Crippen LogP contribution in [0.1, 0.15) is 12.8 Å². The summed E-state index contributed by atoms with van der Waals surface area (Å²) in [6.45, 7) is 0. The molecular weight excluding hydrogens is 239 g/mol. The monoisotopic (exact) mass is 244 g/mol. The van der Waals surface area contributed by atoms with Gasteiger partial charge < -0.3 is 10.2 Å². The summed E-state index contributed by atoms with van der Waals surface area (Å²) in [5.41, 5.74) is 0. The Labute approximate surface area is 88.2 Å². The molecule has 1 heterocycles. The van der Waals surface area contributed by atoms with E-state index in [0.717, 1.165) is 0 Å². The quantitative estimate of drug-likeness (QED) is 0.722. The van der Waals surface area contributed by atoms with Gasteiger partial charge in [0.2, 0.25) is 0 Å². The third kappa shape index (κ3) is 1.87. The van der Waals surface area contributed by atoms with E-state index in [-0.39, 0.29) is 12.8 Å². The largest absolute Gasteiger partial charge is 0.479 e. The summed E-state index contributed by atoms with van der Waals surface area (Å²) in [6, 6.07) is 0. The van der Waals surface area contributed by atoms with Gasteiger partial charge in [-0.3, -0.25) is 0 Å². The van der Waals surface area contributed by atoms with Gasteiger partial charge in [-0.15, -0.1) is 0 Å². The predicted molar refractivity (Wildman–Crippen MR) is 49.3 cm³/mol. The number of rotatable bonds is 2. The molecule has 0 bridgehead atoms. The average Bonchev–Trinajstić information content (AvgIpc) is 2.30. The van der Waals surface area contributed by atoms with Crippen molar-refractivity contribution in [1.29, 1.82) is 0 Å². The molecule has 4 nitrogen and oxygen atoms in total. The van der Waals surface area contributed by atoms with Crippen molar-refractivity contribution in [3.05, 3.63) is 0 Å². The molecule has 0 aromatic carbocycles. The topological polar surface area (TPSA) is 74.6 Å². The van der Waals surface area contributed by atoms with Crippen LogP contribution in [0.15, 0.2) is 0 Å². The third-order valence-electron chi connectivity index (χ3n) is 1.73. The van der Waals surface area contributed by atoms with E-state index in [1.165, 1.54) is 0 Å². The first kappa shape index (κ1) is 10.9. The second kappa shape index (κ2) is 3.22.